The first-order valence-corrected chi connectivity index (χ1v) is 14.6. The second-order valence-corrected chi connectivity index (χ2v) is 11.8. The Bertz CT molecular complexity index is 1560. The molecule has 5 aromatic rings. The van der Waals surface area contributed by atoms with Gasteiger partial charge in [0.2, 0.25) is 0 Å². The average Bonchev–Trinajstić information content (AvgIpc) is 3.43. The normalized spacial score (nSPS) is 10.5. The van der Waals surface area contributed by atoms with Crippen molar-refractivity contribution in [2.75, 3.05) is 5.73 Å². The summed E-state index contributed by atoms with van der Waals surface area (Å²) in [6.45, 7) is 17.0. The summed E-state index contributed by atoms with van der Waals surface area (Å²) in [6.07, 6.45) is 0.791. The van der Waals surface area contributed by atoms with Crippen LogP contribution in [0.3, 0.4) is 0 Å². The van der Waals surface area contributed by atoms with E-state index in [-0.39, 0.29) is 0 Å². The van der Waals surface area contributed by atoms with Crippen molar-refractivity contribution in [3.63, 3.8) is 0 Å². The molecule has 0 atom stereocenters. The number of aryl methyl sites for hydroxylation is 2. The summed E-state index contributed by atoms with van der Waals surface area (Å²) >= 11 is 6.14. The largest absolute Gasteiger partial charge is 0.398 e. The number of hydrogen-bond acceptors (Lipinski definition) is 5. The summed E-state index contributed by atoms with van der Waals surface area (Å²) in [4.78, 5) is 15.9. The Hall–Kier alpha value is -3.28. The van der Waals surface area contributed by atoms with E-state index in [0.29, 0.717) is 11.0 Å². The Morgan fingerprint density at radius 3 is 1.68 bits per heavy atom. The minimum Gasteiger partial charge on any atom is -0.398 e. The van der Waals surface area contributed by atoms with Gasteiger partial charge in [0.25, 0.3) is 0 Å². The second-order valence-electron chi connectivity index (χ2n) is 10.4. The molecule has 4 radical (unpaired) electrons. The summed E-state index contributed by atoms with van der Waals surface area (Å²) in [5.41, 5.74) is 21.4. The molecular formula is C34H36B2N2OS2. The molecule has 206 valence electrons. The number of carbonyl (C=O) groups excluding carboxylic acids is 1. The number of aromatic nitrogens is 1. The van der Waals surface area contributed by atoms with Crippen molar-refractivity contribution >= 4 is 72.8 Å². The zero-order valence-corrected chi connectivity index (χ0v) is 26.9. The van der Waals surface area contributed by atoms with Gasteiger partial charge in [-0.25, -0.2) is 4.98 Å². The molecule has 0 saturated carbocycles. The highest BCUT2D eigenvalue weighted by Gasteiger charge is 2.14. The number of benzene rings is 4. The molecule has 4 aromatic carbocycles. The van der Waals surface area contributed by atoms with Crippen molar-refractivity contribution in [1.29, 1.82) is 0 Å². The summed E-state index contributed by atoms with van der Waals surface area (Å²) in [5, 5.41) is 1.07. The predicted octanol–water partition coefficient (Wildman–Crippen LogP) is 7.07. The first-order chi connectivity index (χ1) is 19.3. The number of carbonyl (C=O) groups is 1. The predicted molar refractivity (Wildman–Crippen MR) is 184 cm³/mol. The van der Waals surface area contributed by atoms with E-state index in [1.54, 1.807) is 35.6 Å². The van der Waals surface area contributed by atoms with Gasteiger partial charge in [-0.05, 0) is 99.9 Å². The van der Waals surface area contributed by atoms with Crippen LogP contribution in [0.4, 0.5) is 5.69 Å². The van der Waals surface area contributed by atoms with Crippen LogP contribution in [0.1, 0.15) is 54.9 Å². The zero-order valence-electron chi connectivity index (χ0n) is 25.1. The van der Waals surface area contributed by atoms with E-state index in [1.807, 2.05) is 31.2 Å². The Kier molecular flexibility index (Phi) is 10.7. The molecule has 2 N–H and O–H groups in total. The maximum atomic E-state index is 10.1. The summed E-state index contributed by atoms with van der Waals surface area (Å²) in [5.74, 6) is 0. The van der Waals surface area contributed by atoms with Crippen LogP contribution in [-0.2, 0) is 0 Å². The zero-order chi connectivity index (χ0) is 30.6. The lowest BCUT2D eigenvalue weighted by Gasteiger charge is -2.14. The number of thiol groups is 1. The maximum absolute atomic E-state index is 10.1. The van der Waals surface area contributed by atoms with E-state index in [0.717, 1.165) is 44.0 Å². The third-order valence-corrected chi connectivity index (χ3v) is 9.74. The molecule has 41 heavy (non-hydrogen) atoms. The molecule has 7 heteroatoms. The van der Waals surface area contributed by atoms with E-state index in [4.69, 9.17) is 26.4 Å². The fraction of sp³-hybridized carbons (Fsp3) is 0.235. The third kappa shape index (κ3) is 7.14. The van der Waals surface area contributed by atoms with Crippen molar-refractivity contribution in [1.82, 2.24) is 4.98 Å². The van der Waals surface area contributed by atoms with Crippen LogP contribution in [-0.4, -0.2) is 27.0 Å². The number of fused-ring (bicyclic) bond motifs is 1. The summed E-state index contributed by atoms with van der Waals surface area (Å²) in [6, 6.07) is 14.7. The Morgan fingerprint density at radius 1 is 0.683 bits per heavy atom. The third-order valence-electron chi connectivity index (χ3n) is 7.94. The molecule has 0 saturated heterocycles. The number of thiazole rings is 1. The quantitative estimate of drug-likeness (QED) is 0.103. The Morgan fingerprint density at radius 2 is 1.15 bits per heavy atom. The number of nitrogens with zero attached hydrogens (tertiary/aromatic N) is 1. The topological polar surface area (TPSA) is 56.0 Å². The average molecular weight is 574 g/mol. The molecule has 0 aliphatic rings. The fourth-order valence-corrected chi connectivity index (χ4v) is 5.91. The van der Waals surface area contributed by atoms with E-state index in [2.05, 4.69) is 61.1 Å². The van der Waals surface area contributed by atoms with Gasteiger partial charge in [-0.3, -0.25) is 4.79 Å². The Balaban J connectivity index is 0.000000187. The number of hydrogen-bond donors (Lipinski definition) is 2. The van der Waals surface area contributed by atoms with E-state index >= 15 is 0 Å². The highest BCUT2D eigenvalue weighted by molar-refractivity contribution is 7.80. The van der Waals surface area contributed by atoms with Crippen molar-refractivity contribution in [2.24, 2.45) is 0 Å². The van der Waals surface area contributed by atoms with Crippen molar-refractivity contribution < 1.29 is 4.79 Å². The van der Waals surface area contributed by atoms with Gasteiger partial charge in [0, 0.05) is 21.7 Å². The van der Waals surface area contributed by atoms with Gasteiger partial charge < -0.3 is 5.73 Å². The fourth-order valence-electron chi connectivity index (χ4n) is 4.38. The van der Waals surface area contributed by atoms with Crippen molar-refractivity contribution in [3.8, 4) is 10.6 Å². The number of anilines is 1. The maximum Gasteiger partial charge on any atom is 0.150 e. The van der Waals surface area contributed by atoms with Crippen LogP contribution in [0.5, 0.6) is 0 Å². The smallest absolute Gasteiger partial charge is 0.150 e. The summed E-state index contributed by atoms with van der Waals surface area (Å²) in [7, 11) is 11.1. The minimum atomic E-state index is 0.657. The van der Waals surface area contributed by atoms with E-state index in [1.165, 1.54) is 43.6 Å². The number of aldehydes is 1. The molecule has 0 bridgehead atoms. The first-order valence-electron chi connectivity index (χ1n) is 13.4. The molecule has 0 amide bonds. The molecule has 0 fully saturated rings. The summed E-state index contributed by atoms with van der Waals surface area (Å²) < 4.78 is 1.30. The van der Waals surface area contributed by atoms with Gasteiger partial charge in [-0.15, -0.1) is 24.0 Å². The van der Waals surface area contributed by atoms with Gasteiger partial charge >= 0.3 is 0 Å². The monoisotopic (exact) mass is 574 g/mol. The first kappa shape index (κ1) is 32.2. The minimum absolute atomic E-state index is 0.657. The molecular weight excluding hydrogens is 538 g/mol. The lowest BCUT2D eigenvalue weighted by atomic mass is 9.95. The van der Waals surface area contributed by atoms with Gasteiger partial charge in [0.1, 0.15) is 27.0 Å². The molecule has 5 rings (SSSR count). The van der Waals surface area contributed by atoms with Gasteiger partial charge in [-0.2, -0.15) is 0 Å². The van der Waals surface area contributed by atoms with Crippen LogP contribution in [0, 0.1) is 55.4 Å². The van der Waals surface area contributed by atoms with Crippen LogP contribution in [0.25, 0.3) is 20.8 Å². The molecule has 0 unspecified atom stereocenters. The van der Waals surface area contributed by atoms with Gasteiger partial charge in [-0.1, -0.05) is 59.5 Å². The lowest BCUT2D eigenvalue weighted by Crippen LogP contribution is -1.99. The molecule has 3 nitrogen and oxygen atoms in total. The molecule has 1 aromatic heterocycles. The highest BCUT2D eigenvalue weighted by atomic mass is 32.1. The van der Waals surface area contributed by atoms with Crippen molar-refractivity contribution in [3.05, 3.63) is 98.6 Å². The standard InChI is InChI=1S/C17H16BNS.C10H15NS.C7H5BO/c1-9-10(2)12(4)16-15(11(9)3)19-17(20-16)13-5-7-14(18)8-6-13;1-5-6(2)8(4)10(12)9(11)7(5)3;8-7-3-1-6(5-9)2-4-7/h5-8H,1-4H3;12H,11H2,1-4H3;1-5H. The van der Waals surface area contributed by atoms with Crippen LogP contribution in [0.15, 0.2) is 53.4 Å². The SMILES string of the molecule is Cc1c(C)c(C)c(S)c(N)c1C.[B]c1ccc(-c2nc3c(C)c(C)c(C)c(C)c3s2)cc1.[B]c1ccc(C=O)cc1. The van der Waals surface area contributed by atoms with Gasteiger partial charge in [0.05, 0.1) is 10.2 Å². The van der Waals surface area contributed by atoms with Crippen LogP contribution < -0.4 is 16.7 Å². The number of nitrogen functional groups attached to an aromatic ring is 1. The number of nitrogens with two attached hydrogens (primary N) is 1. The highest BCUT2D eigenvalue weighted by Crippen LogP contribution is 2.36. The van der Waals surface area contributed by atoms with Crippen molar-refractivity contribution in [2.45, 2.75) is 60.3 Å². The van der Waals surface area contributed by atoms with Gasteiger partial charge in [0.15, 0.2) is 0 Å². The molecule has 0 aliphatic heterocycles. The van der Waals surface area contributed by atoms with E-state index in [9.17, 15) is 4.79 Å². The second kappa shape index (κ2) is 13.6. The Labute approximate surface area is 256 Å². The number of rotatable bonds is 2. The molecule has 1 heterocycles. The molecule has 0 aliphatic carbocycles. The van der Waals surface area contributed by atoms with E-state index < -0.39 is 0 Å². The van der Waals surface area contributed by atoms with Crippen LogP contribution >= 0.6 is 24.0 Å². The van der Waals surface area contributed by atoms with Crippen LogP contribution in [0.2, 0.25) is 0 Å². The lowest BCUT2D eigenvalue weighted by molar-refractivity contribution is 0.112. The molecule has 0 spiro atoms.